The number of benzene rings is 11. The van der Waals surface area contributed by atoms with Crippen LogP contribution in [0.3, 0.4) is 0 Å². The predicted molar refractivity (Wildman–Crippen MR) is 294 cm³/mol. The van der Waals surface area contributed by atoms with Crippen molar-refractivity contribution in [3.63, 3.8) is 0 Å². The van der Waals surface area contributed by atoms with Crippen molar-refractivity contribution in [1.29, 1.82) is 0 Å². The fourth-order valence-electron chi connectivity index (χ4n) is 12.4. The minimum Gasteiger partial charge on any atom is -0.311 e. The molecule has 0 amide bonds. The second-order valence-electron chi connectivity index (χ2n) is 18.7. The third-order valence-electron chi connectivity index (χ3n) is 15.3. The summed E-state index contributed by atoms with van der Waals surface area (Å²) in [6, 6.07) is 102. The lowest BCUT2D eigenvalue weighted by Gasteiger charge is -2.35. The van der Waals surface area contributed by atoms with Crippen LogP contribution in [0.1, 0.15) is 44.5 Å². The first-order chi connectivity index (χ1) is 34.7. The molecule has 0 saturated carbocycles. The van der Waals surface area contributed by atoms with Crippen molar-refractivity contribution in [1.82, 2.24) is 0 Å². The molecule has 2 aliphatic rings. The molecule has 0 bridgehead atoms. The van der Waals surface area contributed by atoms with Gasteiger partial charge in [-0.05, 0) is 120 Å². The van der Waals surface area contributed by atoms with Crippen LogP contribution in [0.4, 0.5) is 17.1 Å². The lowest BCUT2D eigenvalue weighted by Crippen LogP contribution is -2.28. The van der Waals surface area contributed by atoms with E-state index in [1.807, 2.05) is 11.3 Å². The average Bonchev–Trinajstić information content (AvgIpc) is 4.08. The number of hydrogen-bond donors (Lipinski definition) is 0. The number of hydrogen-bond acceptors (Lipinski definition) is 2. The summed E-state index contributed by atoms with van der Waals surface area (Å²) in [6.45, 7) is 0. The molecule has 2 heteroatoms. The Hall–Kier alpha value is -8.56. The molecule has 328 valence electrons. The molecule has 2 aliphatic carbocycles. The topological polar surface area (TPSA) is 3.24 Å². The van der Waals surface area contributed by atoms with Crippen LogP contribution in [0, 0.1) is 0 Å². The molecule has 14 rings (SSSR count). The van der Waals surface area contributed by atoms with E-state index in [2.05, 4.69) is 278 Å². The van der Waals surface area contributed by atoms with E-state index >= 15 is 0 Å². The Morgan fingerprint density at radius 3 is 1.06 bits per heavy atom. The quantitative estimate of drug-likeness (QED) is 0.147. The summed E-state index contributed by atoms with van der Waals surface area (Å²) in [4.78, 5) is 2.43. The summed E-state index contributed by atoms with van der Waals surface area (Å²) < 4.78 is 2.64. The molecule has 12 aromatic rings. The normalized spacial score (nSPS) is 13.7. The Balaban J connectivity index is 0.937. The van der Waals surface area contributed by atoms with Crippen LogP contribution in [-0.4, -0.2) is 0 Å². The minimum absolute atomic E-state index is 0.478. The van der Waals surface area contributed by atoms with E-state index in [-0.39, 0.29) is 0 Å². The summed E-state index contributed by atoms with van der Waals surface area (Å²) in [6.07, 6.45) is 0. The molecule has 70 heavy (non-hydrogen) atoms. The number of rotatable bonds is 8. The fraction of sp³-hybridized carbons (Fsp3) is 0.0294. The molecule has 0 fully saturated rings. The Morgan fingerprint density at radius 1 is 0.257 bits per heavy atom. The highest BCUT2D eigenvalue weighted by Gasteiger charge is 2.47. The van der Waals surface area contributed by atoms with Crippen molar-refractivity contribution in [2.45, 2.75) is 10.8 Å². The SMILES string of the molecule is c1ccc(C2(c3ccc(N(c4ccc(-c5cccc6c5sc5ccccc56)cc4)c4ccc(C5(c6ccccc6)c6ccccc6-c6ccccc65)cc4)cc3)c3ccccc3-c3ccccc32)cc1. The van der Waals surface area contributed by atoms with Crippen molar-refractivity contribution in [3.05, 3.63) is 317 Å². The third-order valence-corrected chi connectivity index (χ3v) is 16.5. The van der Waals surface area contributed by atoms with Gasteiger partial charge in [0.05, 0.1) is 10.8 Å². The molecule has 0 N–H and O–H groups in total. The summed E-state index contributed by atoms with van der Waals surface area (Å²) in [7, 11) is 0. The van der Waals surface area contributed by atoms with Crippen molar-refractivity contribution >= 4 is 48.6 Å². The van der Waals surface area contributed by atoms with E-state index in [1.54, 1.807) is 0 Å². The van der Waals surface area contributed by atoms with E-state index in [0.29, 0.717) is 0 Å². The van der Waals surface area contributed by atoms with Gasteiger partial charge in [-0.2, -0.15) is 0 Å². The second-order valence-corrected chi connectivity index (χ2v) is 19.7. The van der Waals surface area contributed by atoms with Crippen LogP contribution in [0.25, 0.3) is 53.6 Å². The van der Waals surface area contributed by atoms with Crippen LogP contribution >= 0.6 is 11.3 Å². The van der Waals surface area contributed by atoms with Crippen molar-refractivity contribution < 1.29 is 0 Å². The lowest BCUT2D eigenvalue weighted by molar-refractivity contribution is 0.768. The van der Waals surface area contributed by atoms with Crippen LogP contribution in [0.2, 0.25) is 0 Å². The first kappa shape index (κ1) is 40.5. The minimum atomic E-state index is -0.478. The first-order valence-electron chi connectivity index (χ1n) is 24.2. The van der Waals surface area contributed by atoms with Gasteiger partial charge in [0, 0.05) is 37.2 Å². The highest BCUT2D eigenvalue weighted by Crippen LogP contribution is 2.58. The summed E-state index contributed by atoms with van der Waals surface area (Å²) in [5, 5.41) is 2.63. The molecule has 0 atom stereocenters. The molecular formula is C68H45NS. The third kappa shape index (κ3) is 5.84. The van der Waals surface area contributed by atoms with E-state index in [4.69, 9.17) is 0 Å². The van der Waals surface area contributed by atoms with E-state index in [9.17, 15) is 0 Å². The van der Waals surface area contributed by atoms with Crippen LogP contribution in [-0.2, 0) is 10.8 Å². The van der Waals surface area contributed by atoms with Crippen LogP contribution < -0.4 is 4.90 Å². The van der Waals surface area contributed by atoms with Gasteiger partial charge < -0.3 is 4.90 Å². The van der Waals surface area contributed by atoms with Crippen LogP contribution in [0.15, 0.2) is 273 Å². The Morgan fingerprint density at radius 2 is 0.600 bits per heavy atom. The molecule has 0 saturated heterocycles. The van der Waals surface area contributed by atoms with Gasteiger partial charge in [0.2, 0.25) is 0 Å². The summed E-state index contributed by atoms with van der Waals surface area (Å²) in [5.74, 6) is 0. The van der Waals surface area contributed by atoms with Gasteiger partial charge in [-0.3, -0.25) is 0 Å². The molecule has 0 unspecified atom stereocenters. The maximum absolute atomic E-state index is 2.43. The number of thiophene rings is 1. The first-order valence-corrected chi connectivity index (χ1v) is 25.1. The Kier molecular flexibility index (Phi) is 9.27. The monoisotopic (exact) mass is 907 g/mol. The van der Waals surface area contributed by atoms with Gasteiger partial charge in [-0.1, -0.05) is 231 Å². The Bertz CT molecular complexity index is 3650. The number of nitrogens with zero attached hydrogens (tertiary/aromatic N) is 1. The van der Waals surface area contributed by atoms with Crippen LogP contribution in [0.5, 0.6) is 0 Å². The zero-order chi connectivity index (χ0) is 46.2. The maximum atomic E-state index is 2.43. The highest BCUT2D eigenvalue weighted by atomic mass is 32.1. The Labute approximate surface area is 412 Å². The van der Waals surface area contributed by atoms with Gasteiger partial charge in [0.1, 0.15) is 0 Å². The molecule has 1 heterocycles. The standard InChI is InChI=1S/C68H45NS/c1-3-18-47(19-4-1)67(61-29-12-7-22-55(61)56-23-8-13-30-62(56)67)49-36-42-52(43-37-49)69(51-40-34-46(35-41-51)54-27-17-28-60-59-26-11-16-33-65(59)70-66(54)60)53-44-38-50(39-45-53)68(48-20-5-2-6-21-48)63-31-14-9-24-57(63)58-25-10-15-32-64(58)68/h1-45H. The predicted octanol–water partition coefficient (Wildman–Crippen LogP) is 17.9. The van der Waals surface area contributed by atoms with Gasteiger partial charge in [0.15, 0.2) is 0 Å². The van der Waals surface area contributed by atoms with E-state index < -0.39 is 10.8 Å². The molecule has 11 aromatic carbocycles. The second kappa shape index (κ2) is 16.0. The van der Waals surface area contributed by atoms with Gasteiger partial charge in [-0.25, -0.2) is 0 Å². The highest BCUT2D eigenvalue weighted by molar-refractivity contribution is 7.26. The summed E-state index contributed by atoms with van der Waals surface area (Å²) in [5.41, 5.74) is 20.2. The molecule has 0 spiro atoms. The molecule has 0 aliphatic heterocycles. The van der Waals surface area contributed by atoms with Crippen molar-refractivity contribution in [3.8, 4) is 33.4 Å². The van der Waals surface area contributed by atoms with Gasteiger partial charge >= 0.3 is 0 Å². The fourth-order valence-corrected chi connectivity index (χ4v) is 13.6. The lowest BCUT2D eigenvalue weighted by atomic mass is 9.67. The zero-order valence-electron chi connectivity index (χ0n) is 38.3. The van der Waals surface area contributed by atoms with E-state index in [1.165, 1.54) is 98.1 Å². The van der Waals surface area contributed by atoms with Crippen molar-refractivity contribution in [2.24, 2.45) is 0 Å². The van der Waals surface area contributed by atoms with E-state index in [0.717, 1.165) is 17.1 Å². The smallest absolute Gasteiger partial charge is 0.0713 e. The average molecular weight is 908 g/mol. The van der Waals surface area contributed by atoms with Gasteiger partial charge in [0.25, 0.3) is 0 Å². The molecule has 0 radical (unpaired) electrons. The van der Waals surface area contributed by atoms with Crippen molar-refractivity contribution in [2.75, 3.05) is 4.90 Å². The zero-order valence-corrected chi connectivity index (χ0v) is 39.2. The number of fused-ring (bicyclic) bond motifs is 9. The largest absolute Gasteiger partial charge is 0.311 e. The maximum Gasteiger partial charge on any atom is 0.0713 e. The summed E-state index contributed by atoms with van der Waals surface area (Å²) >= 11 is 1.88. The molecule has 1 aromatic heterocycles. The van der Waals surface area contributed by atoms with Gasteiger partial charge in [-0.15, -0.1) is 11.3 Å². The molecule has 1 nitrogen and oxygen atoms in total. The number of anilines is 3. The molecular weight excluding hydrogens is 863 g/mol.